The van der Waals surface area contributed by atoms with Gasteiger partial charge in [0.2, 0.25) is 23.6 Å². The van der Waals surface area contributed by atoms with E-state index in [4.69, 9.17) is 5.73 Å². The molecule has 142 valence electrons. The zero-order valence-corrected chi connectivity index (χ0v) is 15.0. The lowest BCUT2D eigenvalue weighted by molar-refractivity contribution is -0.142. The van der Waals surface area contributed by atoms with Gasteiger partial charge in [-0.05, 0) is 12.5 Å². The number of benzene rings is 1. The van der Waals surface area contributed by atoms with E-state index in [2.05, 4.69) is 10.6 Å². The molecule has 3 aliphatic rings. The molecule has 0 radical (unpaired) electrons. The second kappa shape index (κ2) is 6.16. The quantitative estimate of drug-likeness (QED) is 0.634. The van der Waals surface area contributed by atoms with E-state index in [1.165, 1.54) is 4.90 Å². The number of rotatable bonds is 5. The van der Waals surface area contributed by atoms with Crippen LogP contribution in [0.2, 0.25) is 0 Å². The number of unbranched alkanes of at least 4 members (excludes halogenated alkanes) is 1. The zero-order chi connectivity index (χ0) is 19.3. The van der Waals surface area contributed by atoms with Crippen molar-refractivity contribution in [2.75, 3.05) is 11.9 Å². The number of hydrogen-bond acceptors (Lipinski definition) is 5. The van der Waals surface area contributed by atoms with Gasteiger partial charge in [0, 0.05) is 30.3 Å². The highest BCUT2D eigenvalue weighted by Crippen LogP contribution is 2.53. The van der Waals surface area contributed by atoms with Crippen molar-refractivity contribution >= 4 is 29.3 Å². The Hall–Kier alpha value is -2.74. The first-order valence-electron chi connectivity index (χ1n) is 9.24. The number of hydrogen-bond donors (Lipinski definition) is 3. The Morgan fingerprint density at radius 1 is 1.22 bits per heavy atom. The number of anilines is 1. The number of para-hydroxylation sites is 1. The smallest absolute Gasteiger partial charge is 0.250 e. The highest BCUT2D eigenvalue weighted by molar-refractivity contribution is 6.15. The Bertz CT molecular complexity index is 854. The predicted molar refractivity (Wildman–Crippen MR) is 96.1 cm³/mol. The highest BCUT2D eigenvalue weighted by Gasteiger charge is 2.70. The number of carbonyl (C=O) groups is 4. The highest BCUT2D eigenvalue weighted by atomic mass is 16.2. The van der Waals surface area contributed by atoms with Gasteiger partial charge in [0.25, 0.3) is 0 Å². The largest absolute Gasteiger partial charge is 0.370 e. The van der Waals surface area contributed by atoms with Gasteiger partial charge in [0.15, 0.2) is 0 Å². The van der Waals surface area contributed by atoms with E-state index in [0.29, 0.717) is 24.2 Å². The second-order valence-electron chi connectivity index (χ2n) is 7.41. The number of fused-ring (bicyclic) bond motifs is 4. The van der Waals surface area contributed by atoms with Crippen molar-refractivity contribution in [2.45, 2.75) is 37.8 Å². The van der Waals surface area contributed by atoms with Crippen molar-refractivity contribution < 1.29 is 19.2 Å². The molecule has 4 amide bonds. The molecule has 1 aromatic carbocycles. The summed E-state index contributed by atoms with van der Waals surface area (Å²) in [6, 6.07) is 6.45. The van der Waals surface area contributed by atoms with Gasteiger partial charge in [-0.3, -0.25) is 29.4 Å². The van der Waals surface area contributed by atoms with Crippen LogP contribution in [0, 0.1) is 11.8 Å². The lowest BCUT2D eigenvalue weighted by Crippen LogP contribution is -2.53. The third-order valence-corrected chi connectivity index (χ3v) is 5.87. The molecule has 0 bridgehead atoms. The Morgan fingerprint density at radius 3 is 2.67 bits per heavy atom. The number of amides is 4. The average molecular weight is 370 g/mol. The van der Waals surface area contributed by atoms with Crippen LogP contribution in [-0.2, 0) is 24.7 Å². The summed E-state index contributed by atoms with van der Waals surface area (Å²) in [7, 11) is 0. The average Bonchev–Trinajstić information content (AvgIpc) is 3.19. The Balaban J connectivity index is 1.83. The van der Waals surface area contributed by atoms with E-state index >= 15 is 0 Å². The van der Waals surface area contributed by atoms with Crippen LogP contribution in [0.3, 0.4) is 0 Å². The Labute approximate surface area is 156 Å². The van der Waals surface area contributed by atoms with E-state index in [-0.39, 0.29) is 24.1 Å². The molecule has 0 unspecified atom stereocenters. The third kappa shape index (κ3) is 2.32. The van der Waals surface area contributed by atoms with Gasteiger partial charge >= 0.3 is 0 Å². The van der Waals surface area contributed by atoms with Gasteiger partial charge < -0.3 is 11.1 Å². The van der Waals surface area contributed by atoms with Crippen LogP contribution in [0.1, 0.15) is 31.7 Å². The molecule has 4 rings (SSSR count). The van der Waals surface area contributed by atoms with E-state index in [9.17, 15) is 19.2 Å². The van der Waals surface area contributed by atoms with Crippen LogP contribution >= 0.6 is 0 Å². The maximum atomic E-state index is 13.2. The SMILES string of the molecule is CCCCN1C(=O)[C@@H]2[C@H](CC(N)=O)N[C@@]3(C(=O)Nc4ccccc43)[C@@H]2C1=O. The lowest BCUT2D eigenvalue weighted by Gasteiger charge is -2.29. The van der Waals surface area contributed by atoms with Gasteiger partial charge in [-0.15, -0.1) is 0 Å². The van der Waals surface area contributed by atoms with Crippen molar-refractivity contribution in [3.05, 3.63) is 29.8 Å². The normalized spacial score (nSPS) is 31.4. The molecule has 8 nitrogen and oxygen atoms in total. The minimum Gasteiger partial charge on any atom is -0.370 e. The van der Waals surface area contributed by atoms with Gasteiger partial charge in [0.1, 0.15) is 5.54 Å². The maximum absolute atomic E-state index is 13.2. The van der Waals surface area contributed by atoms with Crippen LogP contribution in [0.25, 0.3) is 0 Å². The van der Waals surface area contributed by atoms with E-state index < -0.39 is 29.3 Å². The molecule has 3 aliphatic heterocycles. The van der Waals surface area contributed by atoms with E-state index in [0.717, 1.165) is 6.42 Å². The van der Waals surface area contributed by atoms with Crippen molar-refractivity contribution in [3.63, 3.8) is 0 Å². The predicted octanol–water partition coefficient (Wildman–Crippen LogP) is 0.0825. The summed E-state index contributed by atoms with van der Waals surface area (Å²) in [5.74, 6) is -3.30. The summed E-state index contributed by atoms with van der Waals surface area (Å²) in [5, 5.41) is 5.97. The molecule has 4 atom stereocenters. The molecule has 3 heterocycles. The lowest BCUT2D eigenvalue weighted by atomic mass is 9.76. The molecule has 1 spiro atoms. The van der Waals surface area contributed by atoms with Crippen LogP contribution in [0.4, 0.5) is 5.69 Å². The van der Waals surface area contributed by atoms with E-state index in [1.807, 2.05) is 6.92 Å². The van der Waals surface area contributed by atoms with Crippen molar-refractivity contribution in [3.8, 4) is 0 Å². The number of likely N-dealkylation sites (tertiary alicyclic amines) is 1. The summed E-state index contributed by atoms with van der Waals surface area (Å²) >= 11 is 0. The van der Waals surface area contributed by atoms with Gasteiger partial charge in [-0.2, -0.15) is 0 Å². The fourth-order valence-electron chi connectivity index (χ4n) is 4.75. The number of nitrogens with two attached hydrogens (primary N) is 1. The van der Waals surface area contributed by atoms with Crippen molar-refractivity contribution in [1.82, 2.24) is 10.2 Å². The minimum absolute atomic E-state index is 0.112. The maximum Gasteiger partial charge on any atom is 0.250 e. The molecule has 0 aromatic heterocycles. The molecule has 0 saturated carbocycles. The molecule has 4 N–H and O–H groups in total. The van der Waals surface area contributed by atoms with Crippen molar-refractivity contribution in [1.29, 1.82) is 0 Å². The number of nitrogens with zero attached hydrogens (tertiary/aromatic N) is 1. The topological polar surface area (TPSA) is 122 Å². The minimum atomic E-state index is -1.35. The Morgan fingerprint density at radius 2 is 1.96 bits per heavy atom. The molecule has 8 heteroatoms. The van der Waals surface area contributed by atoms with Gasteiger partial charge in [-0.25, -0.2) is 0 Å². The van der Waals surface area contributed by atoms with Crippen LogP contribution in [0.5, 0.6) is 0 Å². The second-order valence-corrected chi connectivity index (χ2v) is 7.41. The van der Waals surface area contributed by atoms with Gasteiger partial charge in [-0.1, -0.05) is 31.5 Å². The summed E-state index contributed by atoms with van der Waals surface area (Å²) in [5.41, 5.74) is 5.27. The fraction of sp³-hybridized carbons (Fsp3) is 0.474. The molecule has 2 saturated heterocycles. The number of imide groups is 1. The number of nitrogens with one attached hydrogen (secondary N) is 2. The van der Waals surface area contributed by atoms with E-state index in [1.54, 1.807) is 24.3 Å². The van der Waals surface area contributed by atoms with Crippen molar-refractivity contribution in [2.24, 2.45) is 17.6 Å². The first kappa shape index (κ1) is 17.7. The van der Waals surface area contributed by atoms with Gasteiger partial charge in [0.05, 0.1) is 11.8 Å². The molecular formula is C19H22N4O4. The molecule has 1 aromatic rings. The first-order chi connectivity index (χ1) is 12.9. The standard InChI is InChI=1S/C19H22N4O4/c1-2-3-8-23-16(25)14-12(9-13(20)24)22-19(15(14)17(23)26)10-6-4-5-7-11(10)21-18(19)27/h4-7,12,14-15,22H,2-3,8-9H2,1H3,(H2,20,24)(H,21,27)/t12-,14+,15-,19+/m0/s1. The monoisotopic (exact) mass is 370 g/mol. The zero-order valence-electron chi connectivity index (χ0n) is 15.0. The molecule has 2 fully saturated rings. The number of primary amides is 1. The van der Waals surface area contributed by atoms with Crippen LogP contribution in [0.15, 0.2) is 24.3 Å². The Kier molecular flexibility index (Phi) is 4.03. The first-order valence-corrected chi connectivity index (χ1v) is 9.24. The summed E-state index contributed by atoms with van der Waals surface area (Å²) in [4.78, 5) is 52.1. The molecule has 27 heavy (non-hydrogen) atoms. The summed E-state index contributed by atoms with van der Waals surface area (Å²) in [6.45, 7) is 2.30. The van der Waals surface area contributed by atoms with Crippen LogP contribution < -0.4 is 16.4 Å². The molecular weight excluding hydrogens is 348 g/mol. The number of carbonyl (C=O) groups excluding carboxylic acids is 4. The summed E-state index contributed by atoms with van der Waals surface area (Å²) < 4.78 is 0. The van der Waals surface area contributed by atoms with Crippen LogP contribution in [-0.4, -0.2) is 41.1 Å². The third-order valence-electron chi connectivity index (χ3n) is 5.87. The summed E-state index contributed by atoms with van der Waals surface area (Å²) in [6.07, 6.45) is 1.42. The molecule has 0 aliphatic carbocycles. The fourth-order valence-corrected chi connectivity index (χ4v) is 4.75.